The highest BCUT2D eigenvalue weighted by atomic mass is 16.5. The molecule has 0 fully saturated rings. The summed E-state index contributed by atoms with van der Waals surface area (Å²) in [5.74, 6) is 0.109. The van der Waals surface area contributed by atoms with E-state index in [4.69, 9.17) is 14.3 Å². The molecule has 17 heavy (non-hydrogen) atoms. The number of furan rings is 1. The van der Waals surface area contributed by atoms with Gasteiger partial charge in [-0.05, 0) is 26.8 Å². The molecule has 96 valence electrons. The number of aryl methyl sites for hydroxylation is 1. The molecule has 0 aromatic carbocycles. The Labute approximate surface area is 101 Å². The van der Waals surface area contributed by atoms with Crippen LogP contribution in [0.1, 0.15) is 35.7 Å². The molecular formula is C12H19NO4. The minimum absolute atomic E-state index is 0.222. The topological polar surface area (TPSA) is 71.7 Å². The molecule has 0 aliphatic heterocycles. The van der Waals surface area contributed by atoms with Gasteiger partial charge in [0.1, 0.15) is 17.1 Å². The van der Waals surface area contributed by atoms with Gasteiger partial charge in [0.25, 0.3) is 0 Å². The Kier molecular flexibility index (Phi) is 5.18. The lowest BCUT2D eigenvalue weighted by Crippen LogP contribution is -2.20. The monoisotopic (exact) mass is 241 g/mol. The van der Waals surface area contributed by atoms with Gasteiger partial charge < -0.3 is 19.6 Å². The Morgan fingerprint density at radius 1 is 1.59 bits per heavy atom. The fourth-order valence-electron chi connectivity index (χ4n) is 1.42. The molecule has 1 aromatic rings. The Balaban J connectivity index is 2.32. The quantitative estimate of drug-likeness (QED) is 0.712. The van der Waals surface area contributed by atoms with Crippen molar-refractivity contribution in [2.45, 2.75) is 33.4 Å². The minimum Gasteiger partial charge on any atom is -0.478 e. The van der Waals surface area contributed by atoms with Gasteiger partial charge in [0.2, 0.25) is 0 Å². The van der Waals surface area contributed by atoms with Crippen molar-refractivity contribution in [3.05, 3.63) is 23.2 Å². The summed E-state index contributed by atoms with van der Waals surface area (Å²) >= 11 is 0. The molecule has 1 aromatic heterocycles. The SMILES string of the molecule is Cc1oc(CNCCOC(C)C)cc1C(=O)O. The summed E-state index contributed by atoms with van der Waals surface area (Å²) in [5.41, 5.74) is 0.222. The summed E-state index contributed by atoms with van der Waals surface area (Å²) < 4.78 is 10.7. The molecule has 0 bridgehead atoms. The van der Waals surface area contributed by atoms with Gasteiger partial charge in [0.05, 0.1) is 19.3 Å². The van der Waals surface area contributed by atoms with E-state index in [0.29, 0.717) is 31.2 Å². The molecule has 0 amide bonds. The molecule has 1 rings (SSSR count). The number of rotatable bonds is 7. The van der Waals surface area contributed by atoms with E-state index < -0.39 is 5.97 Å². The summed E-state index contributed by atoms with van der Waals surface area (Å²) in [5, 5.41) is 12.0. The number of carboxylic acids is 1. The van der Waals surface area contributed by atoms with Crippen molar-refractivity contribution in [2.24, 2.45) is 0 Å². The zero-order chi connectivity index (χ0) is 12.8. The first-order valence-electron chi connectivity index (χ1n) is 5.65. The Morgan fingerprint density at radius 3 is 2.82 bits per heavy atom. The van der Waals surface area contributed by atoms with Crippen LogP contribution in [0.25, 0.3) is 0 Å². The van der Waals surface area contributed by atoms with E-state index >= 15 is 0 Å². The van der Waals surface area contributed by atoms with Crippen LogP contribution >= 0.6 is 0 Å². The maximum Gasteiger partial charge on any atom is 0.339 e. The molecule has 1 heterocycles. The van der Waals surface area contributed by atoms with Gasteiger partial charge in [-0.1, -0.05) is 0 Å². The van der Waals surface area contributed by atoms with Gasteiger partial charge in [-0.3, -0.25) is 0 Å². The summed E-state index contributed by atoms with van der Waals surface area (Å²) in [4.78, 5) is 10.8. The number of carboxylic acid groups (broad SMARTS) is 1. The van der Waals surface area contributed by atoms with Gasteiger partial charge in [-0.25, -0.2) is 4.79 Å². The maximum atomic E-state index is 10.8. The molecule has 0 radical (unpaired) electrons. The predicted molar refractivity (Wildman–Crippen MR) is 63.2 cm³/mol. The van der Waals surface area contributed by atoms with E-state index in [1.165, 1.54) is 0 Å². The third kappa shape index (κ3) is 4.58. The molecule has 5 heteroatoms. The third-order valence-electron chi connectivity index (χ3n) is 2.23. The van der Waals surface area contributed by atoms with Gasteiger partial charge in [-0.15, -0.1) is 0 Å². The molecule has 2 N–H and O–H groups in total. The summed E-state index contributed by atoms with van der Waals surface area (Å²) in [6.07, 6.45) is 0.223. The van der Waals surface area contributed by atoms with Crippen molar-refractivity contribution < 1.29 is 19.1 Å². The van der Waals surface area contributed by atoms with Crippen LogP contribution in [-0.4, -0.2) is 30.3 Å². The van der Waals surface area contributed by atoms with Crippen LogP contribution in [0.2, 0.25) is 0 Å². The van der Waals surface area contributed by atoms with Crippen LogP contribution < -0.4 is 5.32 Å². The second-order valence-corrected chi connectivity index (χ2v) is 4.08. The first-order valence-corrected chi connectivity index (χ1v) is 5.65. The van der Waals surface area contributed by atoms with Crippen LogP contribution in [0.15, 0.2) is 10.5 Å². The van der Waals surface area contributed by atoms with E-state index in [1.54, 1.807) is 13.0 Å². The van der Waals surface area contributed by atoms with E-state index in [9.17, 15) is 4.79 Å². The number of hydrogen-bond donors (Lipinski definition) is 2. The average Bonchev–Trinajstić information content (AvgIpc) is 2.59. The second-order valence-electron chi connectivity index (χ2n) is 4.08. The van der Waals surface area contributed by atoms with Crippen LogP contribution in [0.3, 0.4) is 0 Å². The zero-order valence-electron chi connectivity index (χ0n) is 10.4. The van der Waals surface area contributed by atoms with E-state index in [0.717, 1.165) is 0 Å². The number of nitrogens with one attached hydrogen (secondary N) is 1. The van der Waals surface area contributed by atoms with Crippen molar-refractivity contribution in [1.82, 2.24) is 5.32 Å². The van der Waals surface area contributed by atoms with Gasteiger partial charge in [0.15, 0.2) is 0 Å². The third-order valence-corrected chi connectivity index (χ3v) is 2.23. The minimum atomic E-state index is -0.958. The summed E-state index contributed by atoms with van der Waals surface area (Å²) in [6.45, 7) is 7.46. The number of ether oxygens (including phenoxy) is 1. The number of aromatic carboxylic acids is 1. The second kappa shape index (κ2) is 6.42. The normalized spacial score (nSPS) is 11.1. The molecule has 0 saturated heterocycles. The van der Waals surface area contributed by atoms with Crippen LogP contribution in [0, 0.1) is 6.92 Å². The molecule has 0 aliphatic rings. The van der Waals surface area contributed by atoms with Gasteiger partial charge >= 0.3 is 5.97 Å². The van der Waals surface area contributed by atoms with Crippen LogP contribution in [0.4, 0.5) is 0 Å². The Morgan fingerprint density at radius 2 is 2.29 bits per heavy atom. The van der Waals surface area contributed by atoms with Gasteiger partial charge in [-0.2, -0.15) is 0 Å². The van der Waals surface area contributed by atoms with Crippen molar-refractivity contribution in [1.29, 1.82) is 0 Å². The molecular weight excluding hydrogens is 222 g/mol. The molecule has 5 nitrogen and oxygen atoms in total. The first kappa shape index (κ1) is 13.7. The van der Waals surface area contributed by atoms with Crippen molar-refractivity contribution in [2.75, 3.05) is 13.2 Å². The smallest absolute Gasteiger partial charge is 0.339 e. The Bertz CT molecular complexity index is 371. The average molecular weight is 241 g/mol. The lowest BCUT2D eigenvalue weighted by Gasteiger charge is -2.07. The molecule has 0 atom stereocenters. The van der Waals surface area contributed by atoms with Crippen molar-refractivity contribution >= 4 is 5.97 Å². The highest BCUT2D eigenvalue weighted by Gasteiger charge is 2.12. The first-order chi connectivity index (χ1) is 8.00. The van der Waals surface area contributed by atoms with E-state index in [1.807, 2.05) is 13.8 Å². The Hall–Kier alpha value is -1.33. The van der Waals surface area contributed by atoms with Gasteiger partial charge in [0, 0.05) is 6.54 Å². The summed E-state index contributed by atoms with van der Waals surface area (Å²) in [7, 11) is 0. The van der Waals surface area contributed by atoms with Crippen LogP contribution in [-0.2, 0) is 11.3 Å². The maximum absolute atomic E-state index is 10.8. The van der Waals surface area contributed by atoms with E-state index in [-0.39, 0.29) is 11.7 Å². The zero-order valence-corrected chi connectivity index (χ0v) is 10.4. The lowest BCUT2D eigenvalue weighted by atomic mass is 10.2. The number of carbonyl (C=O) groups is 1. The van der Waals surface area contributed by atoms with Crippen LogP contribution in [0.5, 0.6) is 0 Å². The highest BCUT2D eigenvalue weighted by molar-refractivity contribution is 5.88. The summed E-state index contributed by atoms with van der Waals surface area (Å²) in [6, 6.07) is 1.55. The largest absolute Gasteiger partial charge is 0.478 e. The fourth-order valence-corrected chi connectivity index (χ4v) is 1.42. The highest BCUT2D eigenvalue weighted by Crippen LogP contribution is 2.14. The lowest BCUT2D eigenvalue weighted by molar-refractivity contribution is 0.0695. The molecule has 0 aliphatic carbocycles. The standard InChI is InChI=1S/C12H19NO4/c1-8(2)16-5-4-13-7-10-6-11(12(14)15)9(3)17-10/h6,8,13H,4-5,7H2,1-3H3,(H,14,15). The predicted octanol–water partition coefficient (Wildman–Crippen LogP) is 1.80. The fraction of sp³-hybridized carbons (Fsp3) is 0.583. The number of hydrogen-bond acceptors (Lipinski definition) is 4. The van der Waals surface area contributed by atoms with Crippen molar-refractivity contribution in [3.63, 3.8) is 0 Å². The molecule has 0 saturated carbocycles. The van der Waals surface area contributed by atoms with E-state index in [2.05, 4.69) is 5.32 Å². The molecule has 0 unspecified atom stereocenters. The molecule has 0 spiro atoms. The van der Waals surface area contributed by atoms with Crippen molar-refractivity contribution in [3.8, 4) is 0 Å².